The molecule has 0 amide bonds. The van der Waals surface area contributed by atoms with Crippen LogP contribution in [-0.2, 0) is 6.42 Å². The molecule has 18 heavy (non-hydrogen) atoms. The van der Waals surface area contributed by atoms with Gasteiger partial charge in [0.2, 0.25) is 0 Å². The molecule has 0 spiro atoms. The molecule has 3 nitrogen and oxygen atoms in total. The van der Waals surface area contributed by atoms with Gasteiger partial charge in [-0.3, -0.25) is 0 Å². The fourth-order valence-electron chi connectivity index (χ4n) is 1.78. The minimum absolute atomic E-state index is 0.472. The van der Waals surface area contributed by atoms with Crippen LogP contribution in [0.5, 0.6) is 0 Å². The van der Waals surface area contributed by atoms with E-state index < -0.39 is 11.6 Å². The molecule has 96 valence electrons. The third-order valence-corrected chi connectivity index (χ3v) is 2.64. The second-order valence-corrected chi connectivity index (χ2v) is 4.11. The molecule has 0 bridgehead atoms. The zero-order chi connectivity index (χ0) is 13.0. The third kappa shape index (κ3) is 3.13. The van der Waals surface area contributed by atoms with E-state index in [0.717, 1.165) is 31.3 Å². The number of aromatic nitrogens is 2. The van der Waals surface area contributed by atoms with Crippen molar-refractivity contribution in [2.24, 2.45) is 0 Å². The number of benzene rings is 1. The predicted octanol–water partition coefficient (Wildman–Crippen LogP) is 2.51. The molecule has 5 heteroatoms. The van der Waals surface area contributed by atoms with Crippen LogP contribution in [0.1, 0.15) is 12.2 Å². The van der Waals surface area contributed by atoms with Crippen molar-refractivity contribution in [3.05, 3.63) is 41.9 Å². The van der Waals surface area contributed by atoms with Gasteiger partial charge in [-0.25, -0.2) is 13.8 Å². The maximum absolute atomic E-state index is 13.1. The Morgan fingerprint density at radius 1 is 1.22 bits per heavy atom. The summed E-state index contributed by atoms with van der Waals surface area (Å²) in [7, 11) is 1.89. The summed E-state index contributed by atoms with van der Waals surface area (Å²) >= 11 is 0. The van der Waals surface area contributed by atoms with Gasteiger partial charge in [-0.2, -0.15) is 0 Å². The van der Waals surface area contributed by atoms with Crippen LogP contribution >= 0.6 is 0 Å². The smallest absolute Gasteiger partial charge is 0.126 e. The van der Waals surface area contributed by atoms with E-state index in [1.165, 1.54) is 12.1 Å². The molecular formula is C13H15F2N3. The molecule has 0 saturated heterocycles. The predicted molar refractivity (Wildman–Crippen MR) is 66.2 cm³/mol. The molecule has 2 N–H and O–H groups in total. The molecular weight excluding hydrogens is 236 g/mol. The SMILES string of the molecule is CNCCCc1ncc(-c2cc(F)cc(F)c2)[nH]1. The van der Waals surface area contributed by atoms with Gasteiger partial charge in [0.25, 0.3) is 0 Å². The number of nitrogens with zero attached hydrogens (tertiary/aromatic N) is 1. The lowest BCUT2D eigenvalue weighted by atomic mass is 10.1. The first-order valence-corrected chi connectivity index (χ1v) is 5.84. The molecule has 1 aromatic carbocycles. The first kappa shape index (κ1) is 12.7. The molecule has 0 aliphatic rings. The van der Waals surface area contributed by atoms with Crippen LogP contribution in [0, 0.1) is 11.6 Å². The van der Waals surface area contributed by atoms with Gasteiger partial charge in [-0.05, 0) is 32.1 Å². The van der Waals surface area contributed by atoms with Gasteiger partial charge < -0.3 is 10.3 Å². The summed E-state index contributed by atoms with van der Waals surface area (Å²) in [6.45, 7) is 0.907. The molecule has 0 aliphatic heterocycles. The Morgan fingerprint density at radius 2 is 1.94 bits per heavy atom. The van der Waals surface area contributed by atoms with Crippen LogP contribution in [0.3, 0.4) is 0 Å². The van der Waals surface area contributed by atoms with Crippen LogP contribution in [0.25, 0.3) is 11.3 Å². The Bertz CT molecular complexity index is 502. The number of aromatic amines is 1. The van der Waals surface area contributed by atoms with Crippen LogP contribution < -0.4 is 5.32 Å². The number of halogens is 2. The van der Waals surface area contributed by atoms with E-state index in [0.29, 0.717) is 11.3 Å². The highest BCUT2D eigenvalue weighted by molar-refractivity contribution is 5.58. The molecule has 0 radical (unpaired) electrons. The van der Waals surface area contributed by atoms with Gasteiger partial charge in [0.05, 0.1) is 11.9 Å². The van der Waals surface area contributed by atoms with E-state index in [2.05, 4.69) is 15.3 Å². The number of hydrogen-bond donors (Lipinski definition) is 2. The van der Waals surface area contributed by atoms with Crippen LogP contribution in [0.4, 0.5) is 8.78 Å². The Labute approximate surface area is 104 Å². The van der Waals surface area contributed by atoms with Gasteiger partial charge in [-0.15, -0.1) is 0 Å². The first-order valence-electron chi connectivity index (χ1n) is 5.84. The summed E-state index contributed by atoms with van der Waals surface area (Å²) < 4.78 is 26.2. The Balaban J connectivity index is 2.13. The highest BCUT2D eigenvalue weighted by atomic mass is 19.1. The van der Waals surface area contributed by atoms with Gasteiger partial charge >= 0.3 is 0 Å². The van der Waals surface area contributed by atoms with Gasteiger partial charge in [-0.1, -0.05) is 0 Å². The number of nitrogens with one attached hydrogen (secondary N) is 2. The summed E-state index contributed by atoms with van der Waals surface area (Å²) in [6.07, 6.45) is 3.36. The zero-order valence-corrected chi connectivity index (χ0v) is 10.1. The van der Waals surface area contributed by atoms with Crippen molar-refractivity contribution in [1.82, 2.24) is 15.3 Å². The van der Waals surface area contributed by atoms with Crippen LogP contribution in [0.15, 0.2) is 24.4 Å². The van der Waals surface area contributed by atoms with Gasteiger partial charge in [0.1, 0.15) is 17.5 Å². The highest BCUT2D eigenvalue weighted by Gasteiger charge is 2.06. The maximum atomic E-state index is 13.1. The van der Waals surface area contributed by atoms with Crippen molar-refractivity contribution in [2.75, 3.05) is 13.6 Å². The van der Waals surface area contributed by atoms with E-state index in [9.17, 15) is 8.78 Å². The van der Waals surface area contributed by atoms with E-state index in [1.807, 2.05) is 7.05 Å². The highest BCUT2D eigenvalue weighted by Crippen LogP contribution is 2.20. The maximum Gasteiger partial charge on any atom is 0.126 e. The second kappa shape index (κ2) is 5.73. The van der Waals surface area contributed by atoms with Crippen molar-refractivity contribution in [3.8, 4) is 11.3 Å². The molecule has 0 aliphatic carbocycles. The van der Waals surface area contributed by atoms with Crippen LogP contribution in [0.2, 0.25) is 0 Å². The fraction of sp³-hybridized carbons (Fsp3) is 0.308. The van der Waals surface area contributed by atoms with Crippen molar-refractivity contribution in [2.45, 2.75) is 12.8 Å². The lowest BCUT2D eigenvalue weighted by molar-refractivity contribution is 0.584. The molecule has 1 heterocycles. The summed E-state index contributed by atoms with van der Waals surface area (Å²) in [5, 5.41) is 3.05. The Kier molecular flexibility index (Phi) is 4.04. The fourth-order valence-corrected chi connectivity index (χ4v) is 1.78. The topological polar surface area (TPSA) is 40.7 Å². The first-order chi connectivity index (χ1) is 8.69. The largest absolute Gasteiger partial charge is 0.342 e. The minimum atomic E-state index is -0.587. The van der Waals surface area contributed by atoms with E-state index in [-0.39, 0.29) is 0 Å². The monoisotopic (exact) mass is 251 g/mol. The molecule has 0 saturated carbocycles. The summed E-state index contributed by atoms with van der Waals surface area (Å²) in [5.41, 5.74) is 1.10. The minimum Gasteiger partial charge on any atom is -0.342 e. The van der Waals surface area contributed by atoms with E-state index in [1.54, 1.807) is 6.20 Å². The van der Waals surface area contributed by atoms with Crippen molar-refractivity contribution < 1.29 is 8.78 Å². The van der Waals surface area contributed by atoms with Gasteiger partial charge in [0, 0.05) is 18.1 Å². The van der Waals surface area contributed by atoms with E-state index in [4.69, 9.17) is 0 Å². The number of hydrogen-bond acceptors (Lipinski definition) is 2. The normalized spacial score (nSPS) is 10.8. The Hall–Kier alpha value is -1.75. The number of H-pyrrole nitrogens is 1. The van der Waals surface area contributed by atoms with Crippen LogP contribution in [-0.4, -0.2) is 23.6 Å². The lowest BCUT2D eigenvalue weighted by Gasteiger charge is -1.99. The zero-order valence-electron chi connectivity index (χ0n) is 10.1. The van der Waals surface area contributed by atoms with Gasteiger partial charge in [0.15, 0.2) is 0 Å². The van der Waals surface area contributed by atoms with Crippen molar-refractivity contribution in [1.29, 1.82) is 0 Å². The number of imidazole rings is 1. The average molecular weight is 251 g/mol. The summed E-state index contributed by atoms with van der Waals surface area (Å²) in [6, 6.07) is 3.43. The van der Waals surface area contributed by atoms with E-state index >= 15 is 0 Å². The summed E-state index contributed by atoms with van der Waals surface area (Å²) in [5.74, 6) is -0.349. The molecule has 2 aromatic rings. The average Bonchev–Trinajstić information content (AvgIpc) is 2.77. The Morgan fingerprint density at radius 3 is 2.61 bits per heavy atom. The standard InChI is InChI=1S/C13H15F2N3/c1-16-4-2-3-13-17-8-12(18-13)9-5-10(14)7-11(15)6-9/h5-8,16H,2-4H2,1H3,(H,17,18). The third-order valence-electron chi connectivity index (χ3n) is 2.64. The van der Waals surface area contributed by atoms with Crippen molar-refractivity contribution in [3.63, 3.8) is 0 Å². The van der Waals surface area contributed by atoms with Crippen molar-refractivity contribution >= 4 is 0 Å². The molecule has 0 fully saturated rings. The molecule has 0 unspecified atom stereocenters. The molecule has 2 rings (SSSR count). The molecule has 0 atom stereocenters. The number of rotatable bonds is 5. The molecule has 1 aromatic heterocycles. The number of aryl methyl sites for hydroxylation is 1. The quantitative estimate of drug-likeness (QED) is 0.802. The second-order valence-electron chi connectivity index (χ2n) is 4.11. The summed E-state index contributed by atoms with van der Waals surface area (Å²) in [4.78, 5) is 7.27. The lowest BCUT2D eigenvalue weighted by Crippen LogP contribution is -2.08.